The quantitative estimate of drug-likeness (QED) is 0.808. The van der Waals surface area contributed by atoms with Gasteiger partial charge in [-0.1, -0.05) is 6.07 Å². The lowest BCUT2D eigenvalue weighted by molar-refractivity contribution is -0.119. The van der Waals surface area contributed by atoms with E-state index in [4.69, 9.17) is 10.5 Å². The molecule has 19 heavy (non-hydrogen) atoms. The molecule has 0 saturated carbocycles. The number of benzene rings is 1. The fraction of sp³-hybridized carbons (Fsp3) is 0.231. The number of aryl methyl sites for hydroxylation is 1. The number of carbonyl (C=O) groups is 1. The van der Waals surface area contributed by atoms with E-state index in [1.807, 2.05) is 36.0 Å². The number of hydrogen-bond acceptors (Lipinski definition) is 4. The molecule has 1 heterocycles. The Hall–Kier alpha value is -2.50. The number of nitrogens with two attached hydrogens (primary N) is 1. The van der Waals surface area contributed by atoms with E-state index in [1.165, 1.54) is 0 Å². The number of imidazole rings is 1. The number of aromatic nitrogens is 2. The van der Waals surface area contributed by atoms with Crippen molar-refractivity contribution in [3.63, 3.8) is 0 Å². The second-order valence-corrected chi connectivity index (χ2v) is 4.09. The van der Waals surface area contributed by atoms with E-state index in [1.54, 1.807) is 12.3 Å². The van der Waals surface area contributed by atoms with Gasteiger partial charge >= 0.3 is 0 Å². The van der Waals surface area contributed by atoms with Crippen LogP contribution in [0.2, 0.25) is 0 Å². The topological polar surface area (TPSA) is 82.2 Å². The van der Waals surface area contributed by atoms with Crippen molar-refractivity contribution in [1.29, 1.82) is 0 Å². The number of primary amides is 1. The minimum Gasteiger partial charge on any atom is -0.484 e. The fourth-order valence-electron chi connectivity index (χ4n) is 1.60. The summed E-state index contributed by atoms with van der Waals surface area (Å²) in [5.41, 5.74) is 5.92. The average Bonchev–Trinajstić information content (AvgIpc) is 2.80. The largest absolute Gasteiger partial charge is 0.484 e. The summed E-state index contributed by atoms with van der Waals surface area (Å²) >= 11 is 0. The SMILES string of the molecule is Cn1ccnc1CNc1cccc(OCC(N)=O)c1. The third kappa shape index (κ3) is 3.74. The van der Waals surface area contributed by atoms with Crippen molar-refractivity contribution < 1.29 is 9.53 Å². The molecule has 0 aliphatic rings. The number of nitrogens with zero attached hydrogens (tertiary/aromatic N) is 2. The van der Waals surface area contributed by atoms with Crippen LogP contribution in [0, 0.1) is 0 Å². The molecule has 1 aromatic carbocycles. The summed E-state index contributed by atoms with van der Waals surface area (Å²) in [6.07, 6.45) is 3.65. The summed E-state index contributed by atoms with van der Waals surface area (Å²) in [7, 11) is 1.94. The van der Waals surface area contributed by atoms with Crippen LogP contribution in [0.1, 0.15) is 5.82 Å². The number of ether oxygens (including phenoxy) is 1. The lowest BCUT2D eigenvalue weighted by Gasteiger charge is -2.09. The van der Waals surface area contributed by atoms with Crippen molar-refractivity contribution in [3.05, 3.63) is 42.5 Å². The zero-order valence-corrected chi connectivity index (χ0v) is 10.7. The molecule has 0 unspecified atom stereocenters. The summed E-state index contributed by atoms with van der Waals surface area (Å²) in [5, 5.41) is 3.24. The second-order valence-electron chi connectivity index (χ2n) is 4.09. The summed E-state index contributed by atoms with van der Waals surface area (Å²) < 4.78 is 7.18. The molecule has 0 aliphatic heterocycles. The average molecular weight is 260 g/mol. The molecule has 100 valence electrons. The first-order valence-electron chi connectivity index (χ1n) is 5.86. The van der Waals surface area contributed by atoms with E-state index in [0.717, 1.165) is 11.5 Å². The molecule has 0 aliphatic carbocycles. The minimum atomic E-state index is -0.494. The number of hydrogen-bond donors (Lipinski definition) is 2. The monoisotopic (exact) mass is 260 g/mol. The zero-order valence-electron chi connectivity index (χ0n) is 10.7. The molecule has 3 N–H and O–H groups in total. The van der Waals surface area contributed by atoms with Gasteiger partial charge in [-0.15, -0.1) is 0 Å². The van der Waals surface area contributed by atoms with Crippen LogP contribution in [0.3, 0.4) is 0 Å². The van der Waals surface area contributed by atoms with Crippen LogP contribution in [0.4, 0.5) is 5.69 Å². The number of nitrogens with one attached hydrogen (secondary N) is 1. The van der Waals surface area contributed by atoms with Crippen molar-refractivity contribution >= 4 is 11.6 Å². The van der Waals surface area contributed by atoms with Gasteiger partial charge < -0.3 is 20.4 Å². The van der Waals surface area contributed by atoms with Crippen molar-refractivity contribution in [3.8, 4) is 5.75 Å². The fourth-order valence-corrected chi connectivity index (χ4v) is 1.60. The van der Waals surface area contributed by atoms with Gasteiger partial charge in [0.1, 0.15) is 11.6 Å². The maximum atomic E-state index is 10.6. The van der Waals surface area contributed by atoms with Gasteiger partial charge in [-0.05, 0) is 12.1 Å². The van der Waals surface area contributed by atoms with Crippen LogP contribution >= 0.6 is 0 Å². The van der Waals surface area contributed by atoms with Crippen LogP contribution in [0.15, 0.2) is 36.7 Å². The second kappa shape index (κ2) is 5.90. The predicted octanol–water partition coefficient (Wildman–Crippen LogP) is 0.896. The van der Waals surface area contributed by atoms with E-state index < -0.39 is 5.91 Å². The third-order valence-corrected chi connectivity index (χ3v) is 2.59. The summed E-state index contributed by atoms with van der Waals surface area (Å²) in [6.45, 7) is 0.492. The maximum Gasteiger partial charge on any atom is 0.255 e. The van der Waals surface area contributed by atoms with Crippen LogP contribution in [-0.4, -0.2) is 22.1 Å². The maximum absolute atomic E-state index is 10.6. The van der Waals surface area contributed by atoms with Gasteiger partial charge in [-0.25, -0.2) is 4.98 Å². The molecule has 0 radical (unpaired) electrons. The van der Waals surface area contributed by atoms with Crippen LogP contribution in [-0.2, 0) is 18.4 Å². The Balaban J connectivity index is 1.95. The molecule has 0 fully saturated rings. The highest BCUT2D eigenvalue weighted by Crippen LogP contribution is 2.17. The highest BCUT2D eigenvalue weighted by atomic mass is 16.5. The molecule has 1 aromatic heterocycles. The van der Waals surface area contributed by atoms with Crippen LogP contribution in [0.5, 0.6) is 5.75 Å². The Morgan fingerprint density at radius 1 is 1.53 bits per heavy atom. The molecule has 2 aromatic rings. The van der Waals surface area contributed by atoms with Crippen molar-refractivity contribution in [1.82, 2.24) is 9.55 Å². The minimum absolute atomic E-state index is 0.122. The number of anilines is 1. The summed E-state index contributed by atoms with van der Waals surface area (Å²) in [5.74, 6) is 1.04. The Bertz CT molecular complexity index is 565. The summed E-state index contributed by atoms with van der Waals surface area (Å²) in [6, 6.07) is 7.35. The van der Waals surface area contributed by atoms with Crippen molar-refractivity contribution in [2.45, 2.75) is 6.54 Å². The van der Waals surface area contributed by atoms with Crippen molar-refractivity contribution in [2.24, 2.45) is 12.8 Å². The molecule has 0 atom stereocenters. The van der Waals surface area contributed by atoms with Gasteiger partial charge in [-0.2, -0.15) is 0 Å². The first-order chi connectivity index (χ1) is 9.15. The van der Waals surface area contributed by atoms with Gasteiger partial charge in [0.2, 0.25) is 0 Å². The van der Waals surface area contributed by atoms with E-state index in [9.17, 15) is 4.79 Å². The summed E-state index contributed by atoms with van der Waals surface area (Å²) in [4.78, 5) is 14.9. The lowest BCUT2D eigenvalue weighted by Crippen LogP contribution is -2.20. The molecule has 0 bridgehead atoms. The number of amides is 1. The van der Waals surface area contributed by atoms with Crippen LogP contribution in [0.25, 0.3) is 0 Å². The predicted molar refractivity (Wildman–Crippen MR) is 71.7 cm³/mol. The number of carbonyl (C=O) groups excluding carboxylic acids is 1. The molecule has 0 spiro atoms. The van der Waals surface area contributed by atoms with Crippen LogP contribution < -0.4 is 15.8 Å². The van der Waals surface area contributed by atoms with Gasteiger partial charge in [0.25, 0.3) is 5.91 Å². The number of rotatable bonds is 6. The molecule has 6 nitrogen and oxygen atoms in total. The Morgan fingerprint density at radius 3 is 3.05 bits per heavy atom. The Kier molecular flexibility index (Phi) is 4.02. The zero-order chi connectivity index (χ0) is 13.7. The highest BCUT2D eigenvalue weighted by molar-refractivity contribution is 5.75. The molecule has 6 heteroatoms. The lowest BCUT2D eigenvalue weighted by atomic mass is 10.3. The highest BCUT2D eigenvalue weighted by Gasteiger charge is 2.01. The first kappa shape index (κ1) is 12.9. The normalized spacial score (nSPS) is 10.2. The Labute approximate surface area is 111 Å². The third-order valence-electron chi connectivity index (χ3n) is 2.59. The molecular weight excluding hydrogens is 244 g/mol. The first-order valence-corrected chi connectivity index (χ1v) is 5.86. The van der Waals surface area contributed by atoms with Gasteiger partial charge in [0.05, 0.1) is 6.54 Å². The van der Waals surface area contributed by atoms with E-state index in [-0.39, 0.29) is 6.61 Å². The molecule has 1 amide bonds. The van der Waals surface area contributed by atoms with Gasteiger partial charge in [0.15, 0.2) is 6.61 Å². The molecule has 0 saturated heterocycles. The molecule has 2 rings (SSSR count). The van der Waals surface area contributed by atoms with E-state index in [2.05, 4.69) is 10.3 Å². The van der Waals surface area contributed by atoms with Crippen molar-refractivity contribution in [2.75, 3.05) is 11.9 Å². The van der Waals surface area contributed by atoms with E-state index in [0.29, 0.717) is 12.3 Å². The molecular formula is C13H16N4O2. The Morgan fingerprint density at radius 2 is 2.37 bits per heavy atom. The van der Waals surface area contributed by atoms with Gasteiger partial charge in [0, 0.05) is 31.2 Å². The van der Waals surface area contributed by atoms with E-state index >= 15 is 0 Å². The smallest absolute Gasteiger partial charge is 0.255 e. The standard InChI is InChI=1S/C13H16N4O2/c1-17-6-5-15-13(17)8-16-10-3-2-4-11(7-10)19-9-12(14)18/h2-7,16H,8-9H2,1H3,(H2,14,18). The van der Waals surface area contributed by atoms with Gasteiger partial charge in [-0.3, -0.25) is 4.79 Å².